The molecule has 0 saturated heterocycles. The number of aromatic nitrogens is 2. The Bertz CT molecular complexity index is 2180. The van der Waals surface area contributed by atoms with Crippen molar-refractivity contribution in [3.63, 3.8) is 0 Å². The lowest BCUT2D eigenvalue weighted by Gasteiger charge is -2.31. The maximum absolute atomic E-state index is 13.9. The van der Waals surface area contributed by atoms with E-state index in [0.29, 0.717) is 53.9 Å². The first kappa shape index (κ1) is 38.0. The SMILES string of the molecule is Cc1c(OC2CCC(CCCC(=O)O)CC2)cccc1-c1ccc(N2CCc3cccc(C(=O)Nc4nc5ccccc5s4)c3C2)nc1C(=O)OC(C)(C)C. The lowest BCUT2D eigenvalue weighted by atomic mass is 9.84. The molecule has 0 radical (unpaired) electrons. The number of nitrogens with one attached hydrogen (secondary N) is 1. The van der Waals surface area contributed by atoms with Crippen LogP contribution >= 0.6 is 11.3 Å². The van der Waals surface area contributed by atoms with E-state index in [9.17, 15) is 14.4 Å². The van der Waals surface area contributed by atoms with E-state index in [0.717, 1.165) is 70.3 Å². The highest BCUT2D eigenvalue weighted by atomic mass is 32.1. The summed E-state index contributed by atoms with van der Waals surface area (Å²) in [6, 6.07) is 23.4. The molecule has 1 amide bonds. The fraction of sp³-hybridized carbons (Fsp3) is 0.386. The first-order valence-corrected chi connectivity index (χ1v) is 20.0. The van der Waals surface area contributed by atoms with Crippen molar-refractivity contribution in [1.82, 2.24) is 9.97 Å². The van der Waals surface area contributed by atoms with Crippen LogP contribution in [0.5, 0.6) is 5.75 Å². The molecule has 3 heterocycles. The van der Waals surface area contributed by atoms with Gasteiger partial charge in [0.05, 0.1) is 16.3 Å². The van der Waals surface area contributed by atoms with E-state index >= 15 is 0 Å². The second-order valence-electron chi connectivity index (χ2n) is 15.6. The van der Waals surface area contributed by atoms with Crippen molar-refractivity contribution in [2.45, 2.75) is 97.3 Å². The van der Waals surface area contributed by atoms with Crippen LogP contribution < -0.4 is 15.0 Å². The molecule has 0 bridgehead atoms. The van der Waals surface area contributed by atoms with Crippen LogP contribution in [0.25, 0.3) is 21.3 Å². The number of benzene rings is 3. The fourth-order valence-corrected chi connectivity index (χ4v) is 8.56. The van der Waals surface area contributed by atoms with Gasteiger partial charge in [-0.15, -0.1) is 0 Å². The van der Waals surface area contributed by atoms with Crippen molar-refractivity contribution in [2.24, 2.45) is 5.92 Å². The summed E-state index contributed by atoms with van der Waals surface area (Å²) in [6.07, 6.45) is 6.56. The average Bonchev–Trinajstić information content (AvgIpc) is 3.57. The molecule has 0 atom stereocenters. The van der Waals surface area contributed by atoms with Crippen LogP contribution in [0, 0.1) is 12.8 Å². The Kier molecular flexibility index (Phi) is 11.2. The van der Waals surface area contributed by atoms with E-state index in [1.165, 1.54) is 11.3 Å². The lowest BCUT2D eigenvalue weighted by molar-refractivity contribution is -0.137. The molecule has 0 unspecified atom stereocenters. The van der Waals surface area contributed by atoms with Crippen molar-refractivity contribution in [2.75, 3.05) is 16.8 Å². The van der Waals surface area contributed by atoms with Gasteiger partial charge in [0, 0.05) is 30.6 Å². The van der Waals surface area contributed by atoms with Gasteiger partial charge < -0.3 is 19.5 Å². The number of ether oxygens (including phenoxy) is 2. The Hall–Kier alpha value is -5.29. The quantitative estimate of drug-likeness (QED) is 0.126. The Balaban J connectivity index is 1.12. The minimum Gasteiger partial charge on any atom is -0.490 e. The number of esters is 1. The first-order chi connectivity index (χ1) is 26.4. The standard InChI is InChI=1S/C44H48N4O6S/c1-27-31(12-9-15-36(27)53-30-20-18-28(19-21-30)10-7-17-39(49)50)32-22-23-38(46-40(32)42(52)54-44(2,3)4)48-25-24-29-11-8-13-33(34(29)26-48)41(51)47-43-45-35-14-5-6-16-37(35)55-43/h5-6,8-9,11-16,22-23,28,30H,7,10,17-21,24-26H2,1-4H3,(H,49,50)(H,45,47,51). The Morgan fingerprint density at radius 1 is 0.927 bits per heavy atom. The molecule has 2 aromatic heterocycles. The molecule has 1 aliphatic carbocycles. The van der Waals surface area contributed by atoms with Gasteiger partial charge in [0.15, 0.2) is 10.8 Å². The minimum atomic E-state index is -0.735. The number of nitrogens with zero attached hydrogens (tertiary/aromatic N) is 3. The summed E-state index contributed by atoms with van der Waals surface area (Å²) in [6.45, 7) is 8.66. The number of para-hydroxylation sites is 1. The predicted octanol–water partition coefficient (Wildman–Crippen LogP) is 9.63. The largest absolute Gasteiger partial charge is 0.490 e. The van der Waals surface area contributed by atoms with Crippen molar-refractivity contribution in [1.29, 1.82) is 0 Å². The number of carboxylic acid groups (broad SMARTS) is 1. The number of thiazole rings is 1. The summed E-state index contributed by atoms with van der Waals surface area (Å²) in [5, 5.41) is 12.6. The molecule has 7 rings (SSSR count). The molecule has 2 N–H and O–H groups in total. The number of anilines is 2. The van der Waals surface area contributed by atoms with Gasteiger partial charge in [-0.1, -0.05) is 47.7 Å². The number of carboxylic acids is 1. The molecule has 286 valence electrons. The third-order valence-corrected chi connectivity index (χ3v) is 11.4. The minimum absolute atomic E-state index is 0.0747. The van der Waals surface area contributed by atoms with E-state index < -0.39 is 17.5 Å². The maximum Gasteiger partial charge on any atom is 0.358 e. The molecule has 11 heteroatoms. The van der Waals surface area contributed by atoms with Crippen LogP contribution in [-0.4, -0.2) is 51.2 Å². The van der Waals surface area contributed by atoms with Gasteiger partial charge in [0.25, 0.3) is 5.91 Å². The number of hydrogen-bond donors (Lipinski definition) is 2. The predicted molar refractivity (Wildman–Crippen MR) is 216 cm³/mol. The molecular weight excluding hydrogens is 713 g/mol. The smallest absolute Gasteiger partial charge is 0.358 e. The summed E-state index contributed by atoms with van der Waals surface area (Å²) >= 11 is 1.45. The van der Waals surface area contributed by atoms with E-state index in [2.05, 4.69) is 21.3 Å². The fourth-order valence-electron chi connectivity index (χ4n) is 7.70. The molecule has 3 aromatic carbocycles. The second kappa shape index (κ2) is 16.2. The maximum atomic E-state index is 13.9. The molecule has 5 aromatic rings. The highest BCUT2D eigenvalue weighted by Gasteiger charge is 2.29. The summed E-state index contributed by atoms with van der Waals surface area (Å²) in [4.78, 5) is 50.2. The van der Waals surface area contributed by atoms with Crippen LogP contribution in [0.4, 0.5) is 10.9 Å². The van der Waals surface area contributed by atoms with Crippen LogP contribution in [0.2, 0.25) is 0 Å². The van der Waals surface area contributed by atoms with Gasteiger partial charge in [-0.25, -0.2) is 14.8 Å². The molecule has 1 fully saturated rings. The number of amides is 1. The number of rotatable bonds is 11. The molecule has 1 saturated carbocycles. The van der Waals surface area contributed by atoms with Gasteiger partial charge in [0.2, 0.25) is 0 Å². The highest BCUT2D eigenvalue weighted by Crippen LogP contribution is 2.37. The topological polar surface area (TPSA) is 131 Å². The second-order valence-corrected chi connectivity index (χ2v) is 16.6. The third-order valence-electron chi connectivity index (χ3n) is 10.5. The van der Waals surface area contributed by atoms with Crippen LogP contribution in [-0.2, 0) is 22.5 Å². The molecule has 1 aliphatic heterocycles. The Morgan fingerprint density at radius 3 is 2.47 bits per heavy atom. The Labute approximate surface area is 325 Å². The van der Waals surface area contributed by atoms with E-state index in [1.807, 2.05) is 94.4 Å². The number of aliphatic carboxylic acids is 1. The van der Waals surface area contributed by atoms with Gasteiger partial charge in [-0.05, 0) is 137 Å². The zero-order valence-corrected chi connectivity index (χ0v) is 32.7. The van der Waals surface area contributed by atoms with Crippen molar-refractivity contribution in [3.05, 3.63) is 101 Å². The van der Waals surface area contributed by atoms with Crippen LogP contribution in [0.1, 0.15) is 103 Å². The third kappa shape index (κ3) is 8.99. The zero-order valence-electron chi connectivity index (χ0n) is 31.9. The normalized spacial score (nSPS) is 17.1. The zero-order chi connectivity index (χ0) is 38.7. The monoisotopic (exact) mass is 760 g/mol. The number of carbonyl (C=O) groups is 3. The van der Waals surface area contributed by atoms with E-state index in [-0.39, 0.29) is 24.1 Å². The van der Waals surface area contributed by atoms with Gasteiger partial charge in [0.1, 0.15) is 17.2 Å². The summed E-state index contributed by atoms with van der Waals surface area (Å²) in [5.74, 6) is 0.481. The molecule has 0 spiro atoms. The highest BCUT2D eigenvalue weighted by molar-refractivity contribution is 7.22. The molecule has 55 heavy (non-hydrogen) atoms. The number of hydrogen-bond acceptors (Lipinski definition) is 9. The molecule has 2 aliphatic rings. The number of carbonyl (C=O) groups excluding carboxylic acids is 2. The van der Waals surface area contributed by atoms with Crippen molar-refractivity contribution in [3.8, 4) is 16.9 Å². The van der Waals surface area contributed by atoms with Gasteiger partial charge >= 0.3 is 11.9 Å². The Morgan fingerprint density at radius 2 is 1.71 bits per heavy atom. The number of pyridine rings is 1. The lowest BCUT2D eigenvalue weighted by Crippen LogP contribution is -2.33. The summed E-state index contributed by atoms with van der Waals surface area (Å²) in [7, 11) is 0. The first-order valence-electron chi connectivity index (χ1n) is 19.2. The van der Waals surface area contributed by atoms with Gasteiger partial charge in [-0.2, -0.15) is 0 Å². The average molecular weight is 761 g/mol. The van der Waals surface area contributed by atoms with Crippen LogP contribution in [0.15, 0.2) is 72.8 Å². The van der Waals surface area contributed by atoms with Crippen LogP contribution in [0.3, 0.4) is 0 Å². The van der Waals surface area contributed by atoms with Crippen molar-refractivity contribution >= 4 is 50.3 Å². The van der Waals surface area contributed by atoms with Gasteiger partial charge in [-0.3, -0.25) is 14.9 Å². The van der Waals surface area contributed by atoms with Crippen molar-refractivity contribution < 1.29 is 29.0 Å². The van der Waals surface area contributed by atoms with E-state index in [4.69, 9.17) is 19.6 Å². The summed E-state index contributed by atoms with van der Waals surface area (Å²) in [5.41, 5.74) is 5.39. The molecule has 10 nitrogen and oxygen atoms in total. The number of fused-ring (bicyclic) bond motifs is 2. The van der Waals surface area contributed by atoms with E-state index in [1.54, 1.807) is 0 Å². The molecular formula is C44H48N4O6S. The summed E-state index contributed by atoms with van der Waals surface area (Å²) < 4.78 is 13.5.